The van der Waals surface area contributed by atoms with Gasteiger partial charge in [0.05, 0.1) is 5.56 Å². The number of alkyl carbamates (subject to hydrolysis) is 1. The first kappa shape index (κ1) is 20.4. The minimum absolute atomic E-state index is 0.105. The Bertz CT molecular complexity index is 924. The number of hydrogen-bond acceptors (Lipinski definition) is 4. The Hall–Kier alpha value is -3.35. The van der Waals surface area contributed by atoms with Crippen LogP contribution in [0.2, 0.25) is 0 Å². The van der Waals surface area contributed by atoms with E-state index in [0.717, 1.165) is 11.1 Å². The van der Waals surface area contributed by atoms with Crippen molar-refractivity contribution in [3.8, 4) is 0 Å². The number of carbonyl (C=O) groups excluding carboxylic acids is 2. The number of rotatable bonds is 6. The summed E-state index contributed by atoms with van der Waals surface area (Å²) in [7, 11) is 0. The Labute approximate surface area is 169 Å². The fourth-order valence-corrected chi connectivity index (χ4v) is 3.39. The summed E-state index contributed by atoms with van der Waals surface area (Å²) in [5, 5.41) is 11.9. The van der Waals surface area contributed by atoms with Gasteiger partial charge in [0.2, 0.25) is 5.91 Å². The standard InChI is InChI=1S/C22H24N2O5/c1-22(2)13-17-9-8-16(19(25)26)12-18(17)24(20(22)27)11-10-23-21(28)29-14-15-6-4-3-5-7-15/h3-9,12H,10-11,13-14H2,1-2H3,(H,23,28)(H,25,26). The molecule has 7 heteroatoms. The largest absolute Gasteiger partial charge is 0.478 e. The Kier molecular flexibility index (Phi) is 5.87. The van der Waals surface area contributed by atoms with Gasteiger partial charge in [-0.05, 0) is 29.7 Å². The van der Waals surface area contributed by atoms with Gasteiger partial charge in [-0.2, -0.15) is 0 Å². The summed E-state index contributed by atoms with van der Waals surface area (Å²) in [5.74, 6) is -1.15. The molecule has 0 bridgehead atoms. The SMILES string of the molecule is CC1(C)Cc2ccc(C(=O)O)cc2N(CCNC(=O)OCc2ccccc2)C1=O. The zero-order valence-electron chi connectivity index (χ0n) is 16.5. The van der Waals surface area contributed by atoms with E-state index in [9.17, 15) is 19.5 Å². The van der Waals surface area contributed by atoms with Gasteiger partial charge in [0.15, 0.2) is 0 Å². The van der Waals surface area contributed by atoms with Gasteiger partial charge in [0, 0.05) is 24.2 Å². The zero-order chi connectivity index (χ0) is 21.0. The Morgan fingerprint density at radius 2 is 1.90 bits per heavy atom. The number of anilines is 1. The van der Waals surface area contributed by atoms with E-state index in [1.54, 1.807) is 17.0 Å². The minimum atomic E-state index is -1.05. The van der Waals surface area contributed by atoms with Crippen molar-refractivity contribution in [1.82, 2.24) is 5.32 Å². The smallest absolute Gasteiger partial charge is 0.407 e. The molecule has 7 nitrogen and oxygen atoms in total. The number of carboxylic acids is 1. The lowest BCUT2D eigenvalue weighted by Gasteiger charge is -2.38. The molecule has 2 aromatic carbocycles. The first-order valence-corrected chi connectivity index (χ1v) is 9.41. The highest BCUT2D eigenvalue weighted by molar-refractivity contribution is 6.01. The van der Waals surface area contributed by atoms with Crippen LogP contribution in [0.4, 0.5) is 10.5 Å². The summed E-state index contributed by atoms with van der Waals surface area (Å²) in [6, 6.07) is 14.1. The second-order valence-electron chi connectivity index (χ2n) is 7.65. The molecule has 0 saturated carbocycles. The van der Waals surface area contributed by atoms with E-state index < -0.39 is 17.5 Å². The predicted molar refractivity (Wildman–Crippen MR) is 108 cm³/mol. The molecule has 0 spiro atoms. The van der Waals surface area contributed by atoms with Crippen LogP contribution in [0.15, 0.2) is 48.5 Å². The number of benzene rings is 2. The maximum Gasteiger partial charge on any atom is 0.407 e. The predicted octanol–water partition coefficient (Wildman–Crippen LogP) is 3.23. The molecule has 152 valence electrons. The number of ether oxygens (including phenoxy) is 1. The summed E-state index contributed by atoms with van der Waals surface area (Å²) < 4.78 is 5.17. The molecule has 1 aliphatic rings. The van der Waals surface area contributed by atoms with Crippen molar-refractivity contribution in [1.29, 1.82) is 0 Å². The van der Waals surface area contributed by atoms with Crippen molar-refractivity contribution in [2.45, 2.75) is 26.9 Å². The molecule has 0 atom stereocenters. The van der Waals surface area contributed by atoms with Crippen molar-refractivity contribution in [2.24, 2.45) is 5.41 Å². The number of hydrogen-bond donors (Lipinski definition) is 2. The van der Waals surface area contributed by atoms with E-state index in [2.05, 4.69) is 5.32 Å². The second-order valence-corrected chi connectivity index (χ2v) is 7.65. The maximum atomic E-state index is 12.9. The van der Waals surface area contributed by atoms with Gasteiger partial charge < -0.3 is 20.1 Å². The first-order valence-electron chi connectivity index (χ1n) is 9.41. The lowest BCUT2D eigenvalue weighted by molar-refractivity contribution is -0.127. The normalized spacial score (nSPS) is 14.8. The molecule has 0 fully saturated rings. The highest BCUT2D eigenvalue weighted by atomic mass is 16.5. The Balaban J connectivity index is 1.64. The lowest BCUT2D eigenvalue weighted by Crippen LogP contribution is -2.49. The molecule has 3 rings (SSSR count). The monoisotopic (exact) mass is 396 g/mol. The maximum absolute atomic E-state index is 12.9. The van der Waals surface area contributed by atoms with Crippen LogP contribution in [0.25, 0.3) is 0 Å². The van der Waals surface area contributed by atoms with Crippen molar-refractivity contribution < 1.29 is 24.2 Å². The summed E-state index contributed by atoms with van der Waals surface area (Å²) in [6.45, 7) is 4.29. The van der Waals surface area contributed by atoms with Crippen LogP contribution < -0.4 is 10.2 Å². The molecule has 1 aliphatic heterocycles. The average Bonchev–Trinajstić information content (AvgIpc) is 2.69. The number of carboxylic acid groups (broad SMARTS) is 1. The highest BCUT2D eigenvalue weighted by Gasteiger charge is 2.39. The summed E-state index contributed by atoms with van der Waals surface area (Å²) in [4.78, 5) is 37.7. The number of aromatic carboxylic acids is 1. The van der Waals surface area contributed by atoms with Crippen molar-refractivity contribution >= 4 is 23.7 Å². The van der Waals surface area contributed by atoms with E-state index in [4.69, 9.17) is 4.74 Å². The third-order valence-corrected chi connectivity index (χ3v) is 4.90. The quantitative estimate of drug-likeness (QED) is 0.782. The molecular formula is C22H24N2O5. The zero-order valence-corrected chi connectivity index (χ0v) is 16.5. The molecule has 2 N–H and O–H groups in total. The van der Waals surface area contributed by atoms with E-state index in [1.807, 2.05) is 44.2 Å². The van der Waals surface area contributed by atoms with Crippen LogP contribution in [0.1, 0.15) is 35.3 Å². The molecule has 0 aliphatic carbocycles. The molecule has 0 radical (unpaired) electrons. The van der Waals surface area contributed by atoms with Gasteiger partial charge in [-0.25, -0.2) is 9.59 Å². The second kappa shape index (κ2) is 8.34. The van der Waals surface area contributed by atoms with E-state index >= 15 is 0 Å². The van der Waals surface area contributed by atoms with E-state index in [-0.39, 0.29) is 31.2 Å². The van der Waals surface area contributed by atoms with Gasteiger partial charge in [0.25, 0.3) is 0 Å². The van der Waals surface area contributed by atoms with E-state index in [1.165, 1.54) is 6.07 Å². The fraction of sp³-hybridized carbons (Fsp3) is 0.318. The third-order valence-electron chi connectivity index (χ3n) is 4.90. The molecule has 29 heavy (non-hydrogen) atoms. The number of fused-ring (bicyclic) bond motifs is 1. The Morgan fingerprint density at radius 1 is 1.17 bits per heavy atom. The number of amides is 2. The van der Waals surface area contributed by atoms with Crippen molar-refractivity contribution in [3.05, 3.63) is 65.2 Å². The number of nitrogens with zero attached hydrogens (tertiary/aromatic N) is 1. The number of carbonyl (C=O) groups is 3. The topological polar surface area (TPSA) is 95.9 Å². The van der Waals surface area contributed by atoms with Crippen LogP contribution in [-0.2, 0) is 22.6 Å². The van der Waals surface area contributed by atoms with Gasteiger partial charge in [-0.15, -0.1) is 0 Å². The third kappa shape index (κ3) is 4.74. The van der Waals surface area contributed by atoms with Gasteiger partial charge in [-0.3, -0.25) is 4.79 Å². The van der Waals surface area contributed by atoms with Crippen LogP contribution in [0.5, 0.6) is 0 Å². The number of nitrogens with one attached hydrogen (secondary N) is 1. The molecule has 0 unspecified atom stereocenters. The van der Waals surface area contributed by atoms with Crippen LogP contribution in [-0.4, -0.2) is 36.2 Å². The van der Waals surface area contributed by atoms with Crippen LogP contribution >= 0.6 is 0 Å². The van der Waals surface area contributed by atoms with Crippen molar-refractivity contribution in [3.63, 3.8) is 0 Å². The fourth-order valence-electron chi connectivity index (χ4n) is 3.39. The van der Waals surface area contributed by atoms with Gasteiger partial charge in [0.1, 0.15) is 6.61 Å². The van der Waals surface area contributed by atoms with Crippen LogP contribution in [0, 0.1) is 5.41 Å². The highest BCUT2D eigenvalue weighted by Crippen LogP contribution is 2.37. The van der Waals surface area contributed by atoms with Gasteiger partial charge >= 0.3 is 12.1 Å². The van der Waals surface area contributed by atoms with E-state index in [0.29, 0.717) is 12.1 Å². The minimum Gasteiger partial charge on any atom is -0.478 e. The molecule has 0 aromatic heterocycles. The molecule has 1 heterocycles. The van der Waals surface area contributed by atoms with Crippen molar-refractivity contribution in [2.75, 3.05) is 18.0 Å². The summed E-state index contributed by atoms with van der Waals surface area (Å²) in [6.07, 6.45) is -0.0403. The molecule has 2 aromatic rings. The molecule has 2 amide bonds. The molecular weight excluding hydrogens is 372 g/mol. The summed E-state index contributed by atoms with van der Waals surface area (Å²) in [5.41, 5.74) is 1.88. The van der Waals surface area contributed by atoms with Crippen LogP contribution in [0.3, 0.4) is 0 Å². The van der Waals surface area contributed by atoms with Gasteiger partial charge in [-0.1, -0.05) is 50.2 Å². The summed E-state index contributed by atoms with van der Waals surface area (Å²) >= 11 is 0. The Morgan fingerprint density at radius 3 is 2.59 bits per heavy atom. The molecule has 0 saturated heterocycles. The average molecular weight is 396 g/mol. The first-order chi connectivity index (χ1) is 13.8. The lowest BCUT2D eigenvalue weighted by atomic mass is 9.80.